The summed E-state index contributed by atoms with van der Waals surface area (Å²) in [6.45, 7) is 12.5. The molecule has 3 rings (SSSR count). The number of benzene rings is 1. The summed E-state index contributed by atoms with van der Waals surface area (Å²) in [5.41, 5.74) is 14.2. The fourth-order valence-corrected chi connectivity index (χ4v) is 3.56. The summed E-state index contributed by atoms with van der Waals surface area (Å²) < 4.78 is 0. The van der Waals surface area contributed by atoms with Gasteiger partial charge in [-0.1, -0.05) is 86.0 Å². The molecule has 38 heavy (non-hydrogen) atoms. The number of pyridine rings is 2. The van der Waals surface area contributed by atoms with Crippen molar-refractivity contribution in [3.63, 3.8) is 0 Å². The van der Waals surface area contributed by atoms with Crippen LogP contribution in [0.2, 0.25) is 0 Å². The molecular formula is C34H38N4. The molecule has 194 valence electrons. The summed E-state index contributed by atoms with van der Waals surface area (Å²) in [5.74, 6) is 0. The first-order valence-electron chi connectivity index (χ1n) is 12.5. The lowest BCUT2D eigenvalue weighted by molar-refractivity contribution is 0.892. The highest BCUT2D eigenvalue weighted by atomic mass is 14.8. The minimum atomic E-state index is 0.700. The fraction of sp³-hybridized carbons (Fsp3) is 0.118. The van der Waals surface area contributed by atoms with E-state index in [9.17, 15) is 0 Å². The summed E-state index contributed by atoms with van der Waals surface area (Å²) in [6.07, 6.45) is 18.8. The van der Waals surface area contributed by atoms with Crippen molar-refractivity contribution in [1.82, 2.24) is 15.3 Å². The van der Waals surface area contributed by atoms with E-state index in [1.807, 2.05) is 92.2 Å². The van der Waals surface area contributed by atoms with Gasteiger partial charge in [-0.2, -0.15) is 0 Å². The number of nitrogens with one attached hydrogen (secondary N) is 1. The van der Waals surface area contributed by atoms with Gasteiger partial charge in [0.25, 0.3) is 0 Å². The van der Waals surface area contributed by atoms with Crippen molar-refractivity contribution in [1.29, 1.82) is 0 Å². The number of hydrogen-bond acceptors (Lipinski definition) is 4. The van der Waals surface area contributed by atoms with Crippen LogP contribution in [0, 0.1) is 6.92 Å². The second-order valence-electron chi connectivity index (χ2n) is 8.39. The van der Waals surface area contributed by atoms with Gasteiger partial charge in [0.15, 0.2) is 0 Å². The van der Waals surface area contributed by atoms with Crippen LogP contribution in [0.5, 0.6) is 0 Å². The second-order valence-corrected chi connectivity index (χ2v) is 8.39. The third kappa shape index (κ3) is 9.84. The van der Waals surface area contributed by atoms with E-state index in [4.69, 9.17) is 5.73 Å². The van der Waals surface area contributed by atoms with Crippen molar-refractivity contribution < 1.29 is 0 Å². The lowest BCUT2D eigenvalue weighted by Crippen LogP contribution is -2.10. The Labute approximate surface area is 228 Å². The third-order valence-electron chi connectivity index (χ3n) is 5.56. The maximum absolute atomic E-state index is 5.67. The monoisotopic (exact) mass is 502 g/mol. The molecule has 0 fully saturated rings. The Morgan fingerprint density at radius 2 is 1.63 bits per heavy atom. The molecular weight excluding hydrogens is 464 g/mol. The smallest absolute Gasteiger partial charge is 0.0704 e. The molecule has 0 aliphatic carbocycles. The Morgan fingerprint density at radius 3 is 2.21 bits per heavy atom. The van der Waals surface area contributed by atoms with Crippen molar-refractivity contribution in [3.8, 4) is 11.3 Å². The molecule has 1 aromatic carbocycles. The number of nitrogens with zero attached hydrogens (tertiary/aromatic N) is 2. The van der Waals surface area contributed by atoms with Gasteiger partial charge in [0, 0.05) is 30.1 Å². The maximum atomic E-state index is 5.67. The molecule has 0 radical (unpaired) electrons. The molecule has 4 nitrogen and oxygen atoms in total. The van der Waals surface area contributed by atoms with E-state index in [1.54, 1.807) is 24.5 Å². The van der Waals surface area contributed by atoms with E-state index >= 15 is 0 Å². The van der Waals surface area contributed by atoms with Gasteiger partial charge in [-0.05, 0) is 79.7 Å². The number of nitrogens with two attached hydrogens (primary N) is 1. The first-order valence-corrected chi connectivity index (χ1v) is 12.5. The minimum absolute atomic E-state index is 0.700. The highest BCUT2D eigenvalue weighted by Gasteiger charge is 2.03. The number of hydrogen-bond donors (Lipinski definition) is 2. The number of aromatic nitrogens is 2. The predicted molar refractivity (Wildman–Crippen MR) is 164 cm³/mol. The normalized spacial score (nSPS) is 12.6. The molecule has 2 heterocycles. The zero-order valence-corrected chi connectivity index (χ0v) is 22.6. The van der Waals surface area contributed by atoms with Crippen LogP contribution in [0.25, 0.3) is 16.8 Å². The van der Waals surface area contributed by atoms with Crippen LogP contribution in [0.4, 0.5) is 0 Å². The Bertz CT molecular complexity index is 1310. The van der Waals surface area contributed by atoms with Crippen molar-refractivity contribution in [2.75, 3.05) is 13.6 Å². The molecule has 0 amide bonds. The number of likely N-dealkylation sites (N-methyl/N-ethyl adjacent to an activating group) is 1. The summed E-state index contributed by atoms with van der Waals surface area (Å²) in [5, 5.41) is 3.09. The molecule has 4 heteroatoms. The molecule has 0 aliphatic rings. The van der Waals surface area contributed by atoms with Gasteiger partial charge in [-0.25, -0.2) is 0 Å². The molecule has 0 atom stereocenters. The highest BCUT2D eigenvalue weighted by Crippen LogP contribution is 2.21. The van der Waals surface area contributed by atoms with Gasteiger partial charge in [-0.15, -0.1) is 0 Å². The SMILES string of the molecule is C=C\C=C/C(C)=C(\C=C/C(C=C)=C/C(=C/N)CNC)c1ccccn1.Cc1ccccc1-c1ccccn1. The van der Waals surface area contributed by atoms with Crippen molar-refractivity contribution in [2.24, 2.45) is 5.73 Å². The van der Waals surface area contributed by atoms with Gasteiger partial charge < -0.3 is 11.1 Å². The Morgan fingerprint density at radius 1 is 0.921 bits per heavy atom. The molecule has 3 N–H and O–H groups in total. The molecule has 3 aromatic rings. The average Bonchev–Trinajstić information content (AvgIpc) is 2.96. The topological polar surface area (TPSA) is 63.8 Å². The molecule has 0 aliphatic heterocycles. The van der Waals surface area contributed by atoms with Crippen LogP contribution in [0.15, 0.2) is 152 Å². The van der Waals surface area contributed by atoms with Crippen LogP contribution in [-0.4, -0.2) is 23.6 Å². The van der Waals surface area contributed by atoms with Gasteiger partial charge in [0.1, 0.15) is 0 Å². The first kappa shape index (κ1) is 29.7. The molecule has 0 bridgehead atoms. The molecule has 0 saturated heterocycles. The van der Waals surface area contributed by atoms with Gasteiger partial charge >= 0.3 is 0 Å². The number of allylic oxidation sites excluding steroid dienone is 9. The molecule has 0 saturated carbocycles. The zero-order chi connectivity index (χ0) is 27.6. The van der Waals surface area contributed by atoms with Crippen molar-refractivity contribution in [3.05, 3.63) is 163 Å². The van der Waals surface area contributed by atoms with Crippen LogP contribution in [-0.2, 0) is 0 Å². The van der Waals surface area contributed by atoms with Crippen LogP contribution in [0.3, 0.4) is 0 Å². The second kappa shape index (κ2) is 17.0. The predicted octanol–water partition coefficient (Wildman–Crippen LogP) is 7.38. The van der Waals surface area contributed by atoms with E-state index in [-0.39, 0.29) is 0 Å². The molecule has 2 aromatic heterocycles. The fourth-order valence-electron chi connectivity index (χ4n) is 3.56. The van der Waals surface area contributed by atoms with E-state index in [1.165, 1.54) is 11.1 Å². The minimum Gasteiger partial charge on any atom is -0.404 e. The van der Waals surface area contributed by atoms with E-state index in [0.29, 0.717) is 6.54 Å². The van der Waals surface area contributed by atoms with Crippen molar-refractivity contribution >= 4 is 5.57 Å². The lowest BCUT2D eigenvalue weighted by atomic mass is 10.0. The Hall–Kier alpha value is -4.54. The van der Waals surface area contributed by atoms with E-state index in [0.717, 1.165) is 33.7 Å². The van der Waals surface area contributed by atoms with E-state index < -0.39 is 0 Å². The lowest BCUT2D eigenvalue weighted by Gasteiger charge is -2.06. The third-order valence-corrected chi connectivity index (χ3v) is 5.56. The highest BCUT2D eigenvalue weighted by molar-refractivity contribution is 5.76. The largest absolute Gasteiger partial charge is 0.404 e. The van der Waals surface area contributed by atoms with Crippen LogP contribution < -0.4 is 11.1 Å². The van der Waals surface area contributed by atoms with Crippen molar-refractivity contribution in [2.45, 2.75) is 13.8 Å². The first-order chi connectivity index (χ1) is 18.5. The van der Waals surface area contributed by atoms with Crippen LogP contribution in [0.1, 0.15) is 18.2 Å². The number of aryl methyl sites for hydroxylation is 1. The Kier molecular flexibility index (Phi) is 13.3. The molecule has 0 unspecified atom stereocenters. The summed E-state index contributed by atoms with van der Waals surface area (Å²) in [6, 6.07) is 20.1. The van der Waals surface area contributed by atoms with Gasteiger partial charge in [0.2, 0.25) is 0 Å². The van der Waals surface area contributed by atoms with Gasteiger partial charge in [0.05, 0.1) is 11.4 Å². The Balaban J connectivity index is 0.000000323. The summed E-state index contributed by atoms with van der Waals surface area (Å²) in [7, 11) is 1.89. The maximum Gasteiger partial charge on any atom is 0.0704 e. The van der Waals surface area contributed by atoms with Gasteiger partial charge in [-0.3, -0.25) is 9.97 Å². The van der Waals surface area contributed by atoms with Crippen LogP contribution >= 0.6 is 0 Å². The standard InChI is InChI=1S/C22H27N3.C12H11N/c1-5-7-10-18(3)21(22-11-8-9-14-25-22)13-12-19(6-2)15-20(16-23)17-24-4;1-10-6-2-3-7-11(10)12-8-4-5-9-13-12/h5-16,24H,1-2,17,23H2,3-4H3;2-9H,1H3/b10-7-,13-12-,19-15+,20-16-,21-18+;. The van der Waals surface area contributed by atoms with E-state index in [2.05, 4.69) is 54.4 Å². The average molecular weight is 503 g/mol. The zero-order valence-electron chi connectivity index (χ0n) is 22.6. The quantitative estimate of drug-likeness (QED) is 0.284. The molecule has 0 spiro atoms. The number of rotatable bonds is 10. The summed E-state index contributed by atoms with van der Waals surface area (Å²) in [4.78, 5) is 8.77. The summed E-state index contributed by atoms with van der Waals surface area (Å²) >= 11 is 0.